The van der Waals surface area contributed by atoms with Gasteiger partial charge in [0.15, 0.2) is 0 Å². The third-order valence-corrected chi connectivity index (χ3v) is 8.36. The first kappa shape index (κ1) is 24.6. The molecule has 31 heavy (non-hydrogen) atoms. The average Bonchev–Trinajstić information content (AvgIpc) is 2.82. The van der Waals surface area contributed by atoms with E-state index in [0.29, 0.717) is 0 Å². The van der Waals surface area contributed by atoms with E-state index in [1.807, 2.05) is 0 Å². The van der Waals surface area contributed by atoms with Gasteiger partial charge < -0.3 is 0 Å². The van der Waals surface area contributed by atoms with Crippen LogP contribution in [-0.2, 0) is 12.8 Å². The molecule has 1 aromatic carbocycles. The van der Waals surface area contributed by atoms with Crippen LogP contribution in [0.1, 0.15) is 128 Å². The van der Waals surface area contributed by atoms with E-state index in [4.69, 9.17) is 0 Å². The number of unbranched alkanes of at least 4 members (excludes halogenated alkanes) is 3. The van der Waals surface area contributed by atoms with Gasteiger partial charge in [-0.25, -0.2) is 0 Å². The highest BCUT2D eigenvalue weighted by molar-refractivity contribution is 5.23. The Morgan fingerprint density at radius 1 is 0.613 bits per heavy atom. The molecule has 1 fully saturated rings. The van der Waals surface area contributed by atoms with Gasteiger partial charge in [0.05, 0.1) is 0 Å². The molecule has 174 valence electrons. The van der Waals surface area contributed by atoms with Crippen molar-refractivity contribution in [3.8, 4) is 0 Å². The summed E-state index contributed by atoms with van der Waals surface area (Å²) in [6.45, 7) is 4.62. The smallest absolute Gasteiger partial charge is 0.0241 e. The minimum Gasteiger partial charge on any atom is -0.0850 e. The summed E-state index contributed by atoms with van der Waals surface area (Å²) in [4.78, 5) is 0. The van der Waals surface area contributed by atoms with Crippen LogP contribution in [0.3, 0.4) is 0 Å². The highest BCUT2D eigenvalue weighted by Gasteiger charge is 2.22. The van der Waals surface area contributed by atoms with Crippen molar-refractivity contribution in [3.05, 3.63) is 47.0 Å². The molecular weight excluding hydrogens is 372 g/mol. The van der Waals surface area contributed by atoms with Gasteiger partial charge in [0, 0.05) is 0 Å². The molecule has 0 nitrogen and oxygen atoms in total. The zero-order valence-electron chi connectivity index (χ0n) is 20.8. The molecule has 1 atom stereocenters. The molecule has 0 radical (unpaired) electrons. The lowest BCUT2D eigenvalue weighted by molar-refractivity contribution is 0.235. The van der Waals surface area contributed by atoms with E-state index < -0.39 is 0 Å². The summed E-state index contributed by atoms with van der Waals surface area (Å²) in [5.41, 5.74) is 4.78. The van der Waals surface area contributed by atoms with Crippen molar-refractivity contribution >= 4 is 0 Å². The van der Waals surface area contributed by atoms with Crippen LogP contribution in [-0.4, -0.2) is 0 Å². The maximum Gasteiger partial charge on any atom is -0.0241 e. The number of hydrogen-bond donors (Lipinski definition) is 0. The predicted molar refractivity (Wildman–Crippen MR) is 138 cm³/mol. The van der Waals surface area contributed by atoms with Gasteiger partial charge in [-0.05, 0) is 80.2 Å². The molecule has 0 spiro atoms. The summed E-state index contributed by atoms with van der Waals surface area (Å²) in [5.74, 6) is 3.09. The van der Waals surface area contributed by atoms with Crippen molar-refractivity contribution in [2.75, 3.05) is 0 Å². The number of benzene rings is 1. The van der Waals surface area contributed by atoms with E-state index in [2.05, 4.69) is 44.2 Å². The third kappa shape index (κ3) is 9.15. The Balaban J connectivity index is 1.29. The van der Waals surface area contributed by atoms with Crippen molar-refractivity contribution in [2.24, 2.45) is 17.8 Å². The molecule has 1 aromatic rings. The predicted octanol–water partition coefficient (Wildman–Crippen LogP) is 9.86. The van der Waals surface area contributed by atoms with Crippen LogP contribution >= 0.6 is 0 Å². The first-order valence-corrected chi connectivity index (χ1v) is 14.0. The standard InChI is InChI=1S/C31H50/c1-3-5-7-9-27-12-16-29(17-13-27)19-21-31-24-22-30(23-25-31)20-18-28-14-10-26(11-15-28)8-6-4-2/h12-13,16-17,24,26,28,30H,3-11,14-15,18-23,25H2,1-2H3. The van der Waals surface area contributed by atoms with E-state index in [0.717, 1.165) is 17.8 Å². The Kier molecular flexibility index (Phi) is 11.3. The van der Waals surface area contributed by atoms with Crippen LogP contribution in [0.5, 0.6) is 0 Å². The molecule has 3 rings (SSSR count). The Labute approximate surface area is 194 Å². The Morgan fingerprint density at radius 2 is 1.23 bits per heavy atom. The molecule has 0 saturated heterocycles. The van der Waals surface area contributed by atoms with E-state index in [-0.39, 0.29) is 0 Å². The molecule has 0 heteroatoms. The summed E-state index contributed by atoms with van der Waals surface area (Å²) in [6.07, 6.45) is 28.0. The molecule has 0 amide bonds. The minimum absolute atomic E-state index is 0.976. The largest absolute Gasteiger partial charge is 0.0850 e. The monoisotopic (exact) mass is 422 g/mol. The van der Waals surface area contributed by atoms with Crippen LogP contribution in [0.4, 0.5) is 0 Å². The lowest BCUT2D eigenvalue weighted by atomic mass is 9.76. The molecule has 0 heterocycles. The van der Waals surface area contributed by atoms with Crippen LogP contribution in [0, 0.1) is 17.8 Å². The van der Waals surface area contributed by atoms with Crippen LogP contribution in [0.2, 0.25) is 0 Å². The number of rotatable bonds is 13. The summed E-state index contributed by atoms with van der Waals surface area (Å²) in [7, 11) is 0. The molecule has 0 aliphatic heterocycles. The van der Waals surface area contributed by atoms with Crippen molar-refractivity contribution in [1.29, 1.82) is 0 Å². The summed E-state index contributed by atoms with van der Waals surface area (Å²) < 4.78 is 0. The second-order valence-corrected chi connectivity index (χ2v) is 10.9. The maximum atomic E-state index is 2.62. The van der Waals surface area contributed by atoms with Crippen molar-refractivity contribution in [1.82, 2.24) is 0 Å². The summed E-state index contributed by atoms with van der Waals surface area (Å²) in [6, 6.07) is 9.50. The Bertz CT molecular complexity index is 614. The van der Waals surface area contributed by atoms with Gasteiger partial charge in [-0.2, -0.15) is 0 Å². The normalized spacial score (nSPS) is 24.2. The quantitative estimate of drug-likeness (QED) is 0.219. The second kappa shape index (κ2) is 14.2. The summed E-state index contributed by atoms with van der Waals surface area (Å²) >= 11 is 0. The number of aryl methyl sites for hydroxylation is 2. The molecule has 2 aliphatic rings. The highest BCUT2D eigenvalue weighted by atomic mass is 14.3. The first-order chi connectivity index (χ1) is 15.3. The molecule has 1 saturated carbocycles. The molecule has 2 aliphatic carbocycles. The highest BCUT2D eigenvalue weighted by Crippen LogP contribution is 2.37. The van der Waals surface area contributed by atoms with Crippen LogP contribution in [0.25, 0.3) is 0 Å². The van der Waals surface area contributed by atoms with Crippen molar-refractivity contribution in [2.45, 2.75) is 129 Å². The van der Waals surface area contributed by atoms with Gasteiger partial charge in [-0.1, -0.05) is 114 Å². The van der Waals surface area contributed by atoms with Crippen LogP contribution in [0.15, 0.2) is 35.9 Å². The zero-order valence-corrected chi connectivity index (χ0v) is 20.8. The fourth-order valence-corrected chi connectivity index (χ4v) is 5.96. The SMILES string of the molecule is CCCCCc1ccc(CCC2=CCC(CCC3CCC(CCCC)CC3)CC2)cc1. The lowest BCUT2D eigenvalue weighted by Crippen LogP contribution is -2.16. The van der Waals surface area contributed by atoms with Gasteiger partial charge >= 0.3 is 0 Å². The maximum absolute atomic E-state index is 2.62. The van der Waals surface area contributed by atoms with E-state index in [1.165, 1.54) is 127 Å². The second-order valence-electron chi connectivity index (χ2n) is 10.9. The minimum atomic E-state index is 0.976. The van der Waals surface area contributed by atoms with Gasteiger partial charge in [0.25, 0.3) is 0 Å². The topological polar surface area (TPSA) is 0 Å². The third-order valence-electron chi connectivity index (χ3n) is 8.36. The molecule has 0 N–H and O–H groups in total. The first-order valence-electron chi connectivity index (χ1n) is 14.0. The lowest BCUT2D eigenvalue weighted by Gasteiger charge is -2.30. The van der Waals surface area contributed by atoms with Gasteiger partial charge in [0.2, 0.25) is 0 Å². The van der Waals surface area contributed by atoms with Gasteiger partial charge in [-0.3, -0.25) is 0 Å². The fourth-order valence-electron chi connectivity index (χ4n) is 5.96. The van der Waals surface area contributed by atoms with Crippen LogP contribution < -0.4 is 0 Å². The molecule has 0 bridgehead atoms. The Morgan fingerprint density at radius 3 is 1.84 bits per heavy atom. The number of hydrogen-bond acceptors (Lipinski definition) is 0. The summed E-state index contributed by atoms with van der Waals surface area (Å²) in [5, 5.41) is 0. The fraction of sp³-hybridized carbons (Fsp3) is 0.742. The van der Waals surface area contributed by atoms with Crippen molar-refractivity contribution < 1.29 is 0 Å². The average molecular weight is 423 g/mol. The Hall–Kier alpha value is -1.04. The molecular formula is C31H50. The van der Waals surface area contributed by atoms with E-state index in [9.17, 15) is 0 Å². The van der Waals surface area contributed by atoms with Gasteiger partial charge in [0.1, 0.15) is 0 Å². The van der Waals surface area contributed by atoms with E-state index in [1.54, 1.807) is 5.57 Å². The van der Waals surface area contributed by atoms with Crippen molar-refractivity contribution in [3.63, 3.8) is 0 Å². The van der Waals surface area contributed by atoms with E-state index >= 15 is 0 Å². The molecule has 1 unspecified atom stereocenters. The zero-order chi connectivity index (χ0) is 21.7. The molecule has 0 aromatic heterocycles. The number of allylic oxidation sites excluding steroid dienone is 2. The van der Waals surface area contributed by atoms with Gasteiger partial charge in [-0.15, -0.1) is 0 Å².